The van der Waals surface area contributed by atoms with Gasteiger partial charge in [0.2, 0.25) is 0 Å². The summed E-state index contributed by atoms with van der Waals surface area (Å²) in [6.45, 7) is 3.41. The van der Waals surface area contributed by atoms with Crippen molar-refractivity contribution < 1.29 is 0 Å². The van der Waals surface area contributed by atoms with Crippen molar-refractivity contribution in [3.63, 3.8) is 0 Å². The maximum atomic E-state index is 12.3. The molecule has 2 aliphatic rings. The standard InChI is InChI=1S/C18H20N6OS/c25-18-7-14-12-26-6-4-15(14)21-24(18)10-13-8-22(9-13)11-17-20-19-16-3-1-2-5-23(16)17/h1-3,5,7,13H,4,6,8-12H2. The lowest BCUT2D eigenvalue weighted by molar-refractivity contribution is 0.0735. The van der Waals surface area contributed by atoms with Crippen LogP contribution in [0.15, 0.2) is 35.3 Å². The highest BCUT2D eigenvalue weighted by Gasteiger charge is 2.29. The Morgan fingerprint density at radius 1 is 1.23 bits per heavy atom. The molecule has 0 aromatic carbocycles. The van der Waals surface area contributed by atoms with Crippen molar-refractivity contribution in [3.05, 3.63) is 57.9 Å². The predicted octanol–water partition coefficient (Wildman–Crippen LogP) is 1.21. The van der Waals surface area contributed by atoms with Crippen LogP contribution in [0.2, 0.25) is 0 Å². The smallest absolute Gasteiger partial charge is 0.267 e. The fourth-order valence-electron chi connectivity index (χ4n) is 3.75. The van der Waals surface area contributed by atoms with Crippen LogP contribution >= 0.6 is 11.8 Å². The highest BCUT2D eigenvalue weighted by Crippen LogP contribution is 2.22. The number of pyridine rings is 1. The number of rotatable bonds is 4. The molecule has 5 rings (SSSR count). The number of hydrogen-bond donors (Lipinski definition) is 0. The minimum Gasteiger partial charge on any atom is -0.295 e. The molecule has 8 heteroatoms. The molecule has 3 aromatic rings. The summed E-state index contributed by atoms with van der Waals surface area (Å²) < 4.78 is 3.70. The molecule has 1 saturated heterocycles. The summed E-state index contributed by atoms with van der Waals surface area (Å²) >= 11 is 1.88. The molecule has 0 spiro atoms. The van der Waals surface area contributed by atoms with Gasteiger partial charge in [0.05, 0.1) is 18.8 Å². The second-order valence-electron chi connectivity index (χ2n) is 7.04. The molecule has 3 aromatic heterocycles. The molecule has 7 nitrogen and oxygen atoms in total. The van der Waals surface area contributed by atoms with Crippen molar-refractivity contribution in [1.29, 1.82) is 0 Å². The van der Waals surface area contributed by atoms with Crippen LogP contribution in [0.3, 0.4) is 0 Å². The van der Waals surface area contributed by atoms with Crippen LogP contribution in [0.5, 0.6) is 0 Å². The van der Waals surface area contributed by atoms with Crippen LogP contribution in [-0.2, 0) is 25.3 Å². The Hall–Kier alpha value is -2.19. The zero-order chi connectivity index (χ0) is 17.5. The maximum absolute atomic E-state index is 12.3. The Morgan fingerprint density at radius 2 is 2.15 bits per heavy atom. The van der Waals surface area contributed by atoms with Crippen LogP contribution in [0.1, 0.15) is 17.1 Å². The van der Waals surface area contributed by atoms with Crippen molar-refractivity contribution in [3.8, 4) is 0 Å². The van der Waals surface area contributed by atoms with E-state index in [1.54, 1.807) is 10.7 Å². The lowest BCUT2D eigenvalue weighted by Crippen LogP contribution is -2.49. The quantitative estimate of drug-likeness (QED) is 0.690. The number of aromatic nitrogens is 5. The Labute approximate surface area is 155 Å². The van der Waals surface area contributed by atoms with Gasteiger partial charge in [-0.05, 0) is 23.4 Å². The SMILES string of the molecule is O=c1cc2c(nn1CC1CN(Cc3nnc4ccccn34)C1)CCSC2. The second-order valence-corrected chi connectivity index (χ2v) is 8.15. The van der Waals surface area contributed by atoms with Gasteiger partial charge in [-0.2, -0.15) is 16.9 Å². The average Bonchev–Trinajstić information content (AvgIpc) is 3.03. The van der Waals surface area contributed by atoms with Crippen molar-refractivity contribution in [2.75, 3.05) is 18.8 Å². The fraction of sp³-hybridized carbons (Fsp3) is 0.444. The number of nitrogens with zero attached hydrogens (tertiary/aromatic N) is 6. The molecule has 0 unspecified atom stereocenters. The van der Waals surface area contributed by atoms with Crippen molar-refractivity contribution >= 4 is 17.4 Å². The number of aryl methyl sites for hydroxylation is 1. The van der Waals surface area contributed by atoms with E-state index >= 15 is 0 Å². The molecule has 0 bridgehead atoms. The molecule has 0 aliphatic carbocycles. The molecular formula is C18H20N6OS. The molecule has 0 amide bonds. The van der Waals surface area contributed by atoms with Gasteiger partial charge in [-0.25, -0.2) is 4.68 Å². The largest absolute Gasteiger partial charge is 0.295 e. The normalized spacial score (nSPS) is 18.0. The summed E-state index contributed by atoms with van der Waals surface area (Å²) in [5.74, 6) is 3.44. The van der Waals surface area contributed by atoms with Crippen LogP contribution < -0.4 is 5.56 Å². The van der Waals surface area contributed by atoms with Gasteiger partial charge >= 0.3 is 0 Å². The molecule has 26 heavy (non-hydrogen) atoms. The first-order valence-electron chi connectivity index (χ1n) is 8.95. The van der Waals surface area contributed by atoms with Crippen molar-refractivity contribution in [1.82, 2.24) is 29.3 Å². The number of thioether (sulfide) groups is 1. The maximum Gasteiger partial charge on any atom is 0.267 e. The lowest BCUT2D eigenvalue weighted by atomic mass is 10.0. The van der Waals surface area contributed by atoms with E-state index in [-0.39, 0.29) is 5.56 Å². The molecule has 1 fully saturated rings. The Balaban J connectivity index is 1.23. The van der Waals surface area contributed by atoms with Crippen molar-refractivity contribution in [2.45, 2.75) is 25.3 Å². The van der Waals surface area contributed by atoms with Gasteiger partial charge in [0.25, 0.3) is 5.56 Å². The average molecular weight is 368 g/mol. The molecule has 0 N–H and O–H groups in total. The molecule has 134 valence electrons. The van der Waals surface area contributed by atoms with Crippen molar-refractivity contribution in [2.24, 2.45) is 5.92 Å². The predicted molar refractivity (Wildman–Crippen MR) is 100 cm³/mol. The van der Waals surface area contributed by atoms with E-state index in [1.807, 2.05) is 40.6 Å². The zero-order valence-corrected chi connectivity index (χ0v) is 15.2. The molecule has 5 heterocycles. The minimum atomic E-state index is 0.0353. The third-order valence-corrected chi connectivity index (χ3v) is 6.13. The number of likely N-dealkylation sites (tertiary alicyclic amines) is 1. The summed E-state index contributed by atoms with van der Waals surface area (Å²) in [5.41, 5.74) is 3.14. The van der Waals surface area contributed by atoms with Gasteiger partial charge in [0.1, 0.15) is 0 Å². The molecular weight excluding hydrogens is 348 g/mol. The summed E-state index contributed by atoms with van der Waals surface area (Å²) in [4.78, 5) is 14.6. The van der Waals surface area contributed by atoms with Gasteiger partial charge < -0.3 is 0 Å². The van der Waals surface area contributed by atoms with E-state index < -0.39 is 0 Å². The summed E-state index contributed by atoms with van der Waals surface area (Å²) in [7, 11) is 0. The Kier molecular flexibility index (Phi) is 4.01. The van der Waals surface area contributed by atoms with E-state index in [2.05, 4.69) is 20.2 Å². The monoisotopic (exact) mass is 368 g/mol. The zero-order valence-electron chi connectivity index (χ0n) is 14.4. The van der Waals surface area contributed by atoms with Gasteiger partial charge in [-0.15, -0.1) is 10.2 Å². The van der Waals surface area contributed by atoms with Gasteiger partial charge in [0.15, 0.2) is 11.5 Å². The van der Waals surface area contributed by atoms with Gasteiger partial charge in [0, 0.05) is 43.4 Å². The lowest BCUT2D eigenvalue weighted by Gasteiger charge is -2.38. The third-order valence-electron chi connectivity index (χ3n) is 5.12. The number of hydrogen-bond acceptors (Lipinski definition) is 6. The topological polar surface area (TPSA) is 68.3 Å². The fourth-order valence-corrected chi connectivity index (χ4v) is 4.70. The summed E-state index contributed by atoms with van der Waals surface area (Å²) in [6, 6.07) is 7.70. The van der Waals surface area contributed by atoms with Crippen LogP contribution in [0.25, 0.3) is 5.65 Å². The highest BCUT2D eigenvalue weighted by molar-refractivity contribution is 7.98. The van der Waals surface area contributed by atoms with E-state index in [4.69, 9.17) is 0 Å². The van der Waals surface area contributed by atoms with Crippen LogP contribution in [0, 0.1) is 5.92 Å². The second kappa shape index (κ2) is 6.51. The summed E-state index contributed by atoms with van der Waals surface area (Å²) in [6.07, 6.45) is 2.97. The first-order chi connectivity index (χ1) is 12.8. The molecule has 0 saturated carbocycles. The van der Waals surface area contributed by atoms with E-state index in [9.17, 15) is 4.79 Å². The molecule has 0 atom stereocenters. The Morgan fingerprint density at radius 3 is 3.08 bits per heavy atom. The number of fused-ring (bicyclic) bond motifs is 2. The Bertz CT molecular complexity index is 1010. The van der Waals surface area contributed by atoms with Gasteiger partial charge in [-0.3, -0.25) is 14.1 Å². The molecule has 0 radical (unpaired) electrons. The van der Waals surface area contributed by atoms with Crippen LogP contribution in [-0.4, -0.2) is 48.1 Å². The van der Waals surface area contributed by atoms with Crippen LogP contribution in [0.4, 0.5) is 0 Å². The van der Waals surface area contributed by atoms with E-state index in [0.717, 1.165) is 60.3 Å². The first-order valence-corrected chi connectivity index (χ1v) is 10.1. The van der Waals surface area contributed by atoms with Gasteiger partial charge in [-0.1, -0.05) is 6.07 Å². The van der Waals surface area contributed by atoms with E-state index in [1.165, 1.54) is 0 Å². The third kappa shape index (κ3) is 2.93. The summed E-state index contributed by atoms with van der Waals surface area (Å²) in [5, 5.41) is 13.1. The minimum absolute atomic E-state index is 0.0353. The van der Waals surface area contributed by atoms with E-state index in [0.29, 0.717) is 12.5 Å². The first kappa shape index (κ1) is 16.0. The molecule has 2 aliphatic heterocycles. The highest BCUT2D eigenvalue weighted by atomic mass is 32.2.